The number of halogens is 3. The number of rotatable bonds is 7. The van der Waals surface area contributed by atoms with E-state index >= 15 is 0 Å². The quantitative estimate of drug-likeness (QED) is 0.786. The maximum absolute atomic E-state index is 12.3. The maximum Gasteiger partial charge on any atom is 0.573 e. The molecule has 0 aliphatic carbocycles. The SMILES string of the molecule is CC[C@@H](Oc1ccc(OC)cc1)C(=O)Nc1ccc(OC(F)(F)F)cc1. The molecule has 0 spiro atoms. The van der Waals surface area contributed by atoms with E-state index in [2.05, 4.69) is 10.1 Å². The number of hydrogen-bond acceptors (Lipinski definition) is 4. The second kappa shape index (κ2) is 8.46. The molecule has 0 saturated carbocycles. The molecule has 8 heteroatoms. The summed E-state index contributed by atoms with van der Waals surface area (Å²) in [5, 5.41) is 2.60. The van der Waals surface area contributed by atoms with Crippen molar-refractivity contribution in [2.24, 2.45) is 0 Å². The van der Waals surface area contributed by atoms with E-state index in [1.807, 2.05) is 0 Å². The van der Waals surface area contributed by atoms with Gasteiger partial charge in [0.2, 0.25) is 0 Å². The molecule has 1 atom stereocenters. The van der Waals surface area contributed by atoms with E-state index in [0.717, 1.165) is 12.1 Å². The second-order valence-electron chi connectivity index (χ2n) is 5.25. The van der Waals surface area contributed by atoms with Crippen LogP contribution >= 0.6 is 0 Å². The third-order valence-corrected chi connectivity index (χ3v) is 3.36. The van der Waals surface area contributed by atoms with Gasteiger partial charge in [0.25, 0.3) is 5.91 Å². The molecule has 0 aromatic heterocycles. The van der Waals surface area contributed by atoms with Crippen molar-refractivity contribution in [1.29, 1.82) is 0 Å². The molecular weight excluding hydrogens is 351 g/mol. The first-order valence-corrected chi connectivity index (χ1v) is 7.78. The molecule has 0 unspecified atom stereocenters. The predicted octanol–water partition coefficient (Wildman–Crippen LogP) is 4.39. The largest absolute Gasteiger partial charge is 0.573 e. The summed E-state index contributed by atoms with van der Waals surface area (Å²) in [6, 6.07) is 11.6. The lowest BCUT2D eigenvalue weighted by atomic mass is 10.2. The fraction of sp³-hybridized carbons (Fsp3) is 0.278. The lowest BCUT2D eigenvalue weighted by Crippen LogP contribution is -2.32. The van der Waals surface area contributed by atoms with Crippen molar-refractivity contribution >= 4 is 11.6 Å². The van der Waals surface area contributed by atoms with Crippen LogP contribution in [0.4, 0.5) is 18.9 Å². The molecule has 1 amide bonds. The van der Waals surface area contributed by atoms with E-state index in [0.29, 0.717) is 23.6 Å². The Labute approximate surface area is 148 Å². The summed E-state index contributed by atoms with van der Waals surface area (Å²) in [6.45, 7) is 1.79. The molecule has 2 rings (SSSR count). The van der Waals surface area contributed by atoms with Gasteiger partial charge in [-0.1, -0.05) is 6.92 Å². The van der Waals surface area contributed by atoms with Crippen LogP contribution in [0.15, 0.2) is 48.5 Å². The van der Waals surface area contributed by atoms with Crippen molar-refractivity contribution in [3.8, 4) is 17.2 Å². The Hall–Kier alpha value is -2.90. The summed E-state index contributed by atoms with van der Waals surface area (Å²) in [7, 11) is 1.54. The minimum absolute atomic E-state index is 0.335. The molecule has 2 aromatic carbocycles. The Bertz CT molecular complexity index is 715. The molecule has 140 valence electrons. The number of amides is 1. The van der Waals surface area contributed by atoms with Gasteiger partial charge in [-0.15, -0.1) is 13.2 Å². The van der Waals surface area contributed by atoms with E-state index in [4.69, 9.17) is 9.47 Å². The molecule has 0 radical (unpaired) electrons. The number of methoxy groups -OCH3 is 1. The average Bonchev–Trinajstić information content (AvgIpc) is 2.60. The Kier molecular flexibility index (Phi) is 6.32. The molecular formula is C18H18F3NO4. The number of alkyl halides is 3. The van der Waals surface area contributed by atoms with Gasteiger partial charge in [-0.25, -0.2) is 0 Å². The number of nitrogens with one attached hydrogen (secondary N) is 1. The minimum Gasteiger partial charge on any atom is -0.497 e. The van der Waals surface area contributed by atoms with Crippen LogP contribution in [-0.4, -0.2) is 25.5 Å². The highest BCUT2D eigenvalue weighted by molar-refractivity contribution is 5.94. The van der Waals surface area contributed by atoms with Crippen LogP contribution in [0.3, 0.4) is 0 Å². The Balaban J connectivity index is 1.97. The summed E-state index contributed by atoms with van der Waals surface area (Å²) < 4.78 is 50.9. The van der Waals surface area contributed by atoms with Gasteiger partial charge < -0.3 is 19.5 Å². The highest BCUT2D eigenvalue weighted by Gasteiger charge is 2.31. The normalized spacial score (nSPS) is 12.2. The van der Waals surface area contributed by atoms with Crippen LogP contribution in [-0.2, 0) is 4.79 Å². The monoisotopic (exact) mass is 369 g/mol. The van der Waals surface area contributed by atoms with Crippen LogP contribution in [0.2, 0.25) is 0 Å². The first-order chi connectivity index (χ1) is 12.3. The first-order valence-electron chi connectivity index (χ1n) is 7.78. The molecule has 26 heavy (non-hydrogen) atoms. The Morgan fingerprint density at radius 3 is 2.04 bits per heavy atom. The van der Waals surface area contributed by atoms with Crippen molar-refractivity contribution in [3.05, 3.63) is 48.5 Å². The van der Waals surface area contributed by atoms with Crippen LogP contribution in [0.5, 0.6) is 17.2 Å². The number of ether oxygens (including phenoxy) is 3. The van der Waals surface area contributed by atoms with Crippen LogP contribution < -0.4 is 19.5 Å². The Morgan fingerprint density at radius 1 is 1.00 bits per heavy atom. The zero-order chi connectivity index (χ0) is 19.2. The van der Waals surface area contributed by atoms with Crippen LogP contribution in [0.1, 0.15) is 13.3 Å². The maximum atomic E-state index is 12.3. The van der Waals surface area contributed by atoms with Crippen LogP contribution in [0.25, 0.3) is 0 Å². The van der Waals surface area contributed by atoms with Gasteiger partial charge in [-0.05, 0) is 55.0 Å². The highest BCUT2D eigenvalue weighted by Crippen LogP contribution is 2.24. The van der Waals surface area contributed by atoms with Gasteiger partial charge >= 0.3 is 6.36 Å². The number of carbonyl (C=O) groups excluding carboxylic acids is 1. The standard InChI is InChI=1S/C18H18F3NO4/c1-3-16(25-14-10-8-13(24-2)9-11-14)17(23)22-12-4-6-15(7-5-12)26-18(19,20)21/h4-11,16H,3H2,1-2H3,(H,22,23)/t16-/m1/s1. The van der Waals surface area contributed by atoms with E-state index in [9.17, 15) is 18.0 Å². The average molecular weight is 369 g/mol. The van der Waals surface area contributed by atoms with Gasteiger partial charge in [0.1, 0.15) is 17.2 Å². The van der Waals surface area contributed by atoms with Gasteiger partial charge in [-0.3, -0.25) is 4.79 Å². The summed E-state index contributed by atoms with van der Waals surface area (Å²) in [6.07, 6.45) is -5.10. The predicted molar refractivity (Wildman–Crippen MR) is 89.5 cm³/mol. The molecule has 0 saturated heterocycles. The smallest absolute Gasteiger partial charge is 0.497 e. The van der Waals surface area contributed by atoms with Crippen molar-refractivity contribution in [2.45, 2.75) is 25.8 Å². The summed E-state index contributed by atoms with van der Waals surface area (Å²) in [5.74, 6) is 0.391. The molecule has 0 aliphatic rings. The van der Waals surface area contributed by atoms with Gasteiger partial charge in [-0.2, -0.15) is 0 Å². The fourth-order valence-corrected chi connectivity index (χ4v) is 2.10. The zero-order valence-corrected chi connectivity index (χ0v) is 14.2. The molecule has 0 fully saturated rings. The van der Waals surface area contributed by atoms with Crippen molar-refractivity contribution in [2.75, 3.05) is 12.4 Å². The van der Waals surface area contributed by atoms with Gasteiger partial charge in [0, 0.05) is 5.69 Å². The first kappa shape index (κ1) is 19.4. The van der Waals surface area contributed by atoms with E-state index in [1.54, 1.807) is 38.3 Å². The summed E-state index contributed by atoms with van der Waals surface area (Å²) >= 11 is 0. The van der Waals surface area contributed by atoms with Crippen molar-refractivity contribution in [3.63, 3.8) is 0 Å². The molecule has 2 aromatic rings. The van der Waals surface area contributed by atoms with Crippen LogP contribution in [0, 0.1) is 0 Å². The highest BCUT2D eigenvalue weighted by atomic mass is 19.4. The second-order valence-corrected chi connectivity index (χ2v) is 5.25. The van der Waals surface area contributed by atoms with E-state index in [-0.39, 0.29) is 5.75 Å². The number of benzene rings is 2. The number of hydrogen-bond donors (Lipinski definition) is 1. The van der Waals surface area contributed by atoms with Crippen molar-refractivity contribution in [1.82, 2.24) is 0 Å². The minimum atomic E-state index is -4.76. The molecule has 0 aliphatic heterocycles. The summed E-state index contributed by atoms with van der Waals surface area (Å²) in [5.41, 5.74) is 0.335. The third-order valence-electron chi connectivity index (χ3n) is 3.36. The number of carbonyl (C=O) groups is 1. The summed E-state index contributed by atoms with van der Waals surface area (Å²) in [4.78, 5) is 12.3. The van der Waals surface area contributed by atoms with Crippen molar-refractivity contribution < 1.29 is 32.2 Å². The van der Waals surface area contributed by atoms with E-state index < -0.39 is 18.4 Å². The Morgan fingerprint density at radius 2 is 1.54 bits per heavy atom. The fourth-order valence-electron chi connectivity index (χ4n) is 2.10. The molecule has 1 N–H and O–H groups in total. The van der Waals surface area contributed by atoms with E-state index in [1.165, 1.54) is 12.1 Å². The number of anilines is 1. The lowest BCUT2D eigenvalue weighted by Gasteiger charge is -2.17. The molecule has 0 bridgehead atoms. The molecule has 0 heterocycles. The molecule has 5 nitrogen and oxygen atoms in total. The third kappa shape index (κ3) is 5.87. The topological polar surface area (TPSA) is 56.8 Å². The zero-order valence-electron chi connectivity index (χ0n) is 14.2. The van der Waals surface area contributed by atoms with Gasteiger partial charge in [0.05, 0.1) is 7.11 Å². The van der Waals surface area contributed by atoms with Gasteiger partial charge in [0.15, 0.2) is 6.10 Å². The lowest BCUT2D eigenvalue weighted by molar-refractivity contribution is -0.274.